The number of fused-ring (bicyclic) bond motifs is 1. The molecule has 0 heterocycles. The molecular weight excluding hydrogens is 272 g/mol. The van der Waals surface area contributed by atoms with Crippen LogP contribution >= 0.6 is 0 Å². The molecule has 0 aromatic heterocycles. The van der Waals surface area contributed by atoms with Gasteiger partial charge < -0.3 is 5.32 Å². The zero-order valence-corrected chi connectivity index (χ0v) is 12.2. The van der Waals surface area contributed by atoms with Gasteiger partial charge in [-0.15, -0.1) is 0 Å². The number of hydrogen-bond donors (Lipinski definition) is 1. The zero-order valence-electron chi connectivity index (χ0n) is 11.4. The Kier molecular flexibility index (Phi) is 3.96. The Morgan fingerprint density at radius 2 is 1.85 bits per heavy atom. The lowest BCUT2D eigenvalue weighted by atomic mass is 10.0. The smallest absolute Gasteiger partial charge is 0.149 e. The molecule has 2 aromatic rings. The van der Waals surface area contributed by atoms with Gasteiger partial charge in [-0.3, -0.25) is 0 Å². The maximum absolute atomic E-state index is 11.3. The molecule has 0 amide bonds. The van der Waals surface area contributed by atoms with E-state index in [1.807, 2.05) is 37.3 Å². The summed E-state index contributed by atoms with van der Waals surface area (Å²) in [6.45, 7) is 1.83. The molecule has 0 bridgehead atoms. The fourth-order valence-corrected chi connectivity index (χ4v) is 3.28. The fourth-order valence-electron chi connectivity index (χ4n) is 2.28. The van der Waals surface area contributed by atoms with E-state index in [9.17, 15) is 8.42 Å². The molecule has 1 atom stereocenters. The van der Waals surface area contributed by atoms with Crippen LogP contribution in [0.4, 0.5) is 5.69 Å². The van der Waals surface area contributed by atoms with Crippen molar-refractivity contribution in [2.75, 3.05) is 17.3 Å². The molecule has 20 heavy (non-hydrogen) atoms. The van der Waals surface area contributed by atoms with Crippen LogP contribution in [0.25, 0.3) is 10.8 Å². The van der Waals surface area contributed by atoms with Crippen LogP contribution in [0.5, 0.6) is 0 Å². The van der Waals surface area contributed by atoms with Gasteiger partial charge in [0, 0.05) is 28.8 Å². The molecule has 0 aliphatic carbocycles. The minimum atomic E-state index is -3.02. The second-order valence-electron chi connectivity index (χ2n) is 4.96. The molecule has 0 radical (unpaired) electrons. The third-order valence-electron chi connectivity index (χ3n) is 3.00. The minimum absolute atomic E-state index is 0.0708. The van der Waals surface area contributed by atoms with Crippen molar-refractivity contribution in [2.45, 2.75) is 13.0 Å². The van der Waals surface area contributed by atoms with Gasteiger partial charge in [0.1, 0.15) is 9.84 Å². The van der Waals surface area contributed by atoms with Crippen LogP contribution in [-0.2, 0) is 9.84 Å². The molecule has 2 rings (SSSR count). The van der Waals surface area contributed by atoms with E-state index in [1.54, 1.807) is 6.07 Å². The SMILES string of the molecule is CC(CS(C)(=O)=O)Nc1ccc(C#N)c2ccccc12. The normalized spacial score (nSPS) is 12.8. The summed E-state index contributed by atoms with van der Waals surface area (Å²) in [6, 6.07) is 13.1. The number of nitriles is 1. The first-order valence-electron chi connectivity index (χ1n) is 6.27. The summed E-state index contributed by atoms with van der Waals surface area (Å²) in [6.07, 6.45) is 1.22. The number of nitrogens with one attached hydrogen (secondary N) is 1. The Bertz CT molecular complexity index is 776. The second kappa shape index (κ2) is 5.51. The summed E-state index contributed by atoms with van der Waals surface area (Å²) >= 11 is 0. The van der Waals surface area contributed by atoms with Crippen LogP contribution in [0.1, 0.15) is 12.5 Å². The van der Waals surface area contributed by atoms with Gasteiger partial charge in [0.25, 0.3) is 0 Å². The topological polar surface area (TPSA) is 70.0 Å². The second-order valence-corrected chi connectivity index (χ2v) is 7.14. The van der Waals surface area contributed by atoms with Gasteiger partial charge in [-0.05, 0) is 19.1 Å². The van der Waals surface area contributed by atoms with Crippen LogP contribution in [-0.4, -0.2) is 26.5 Å². The Labute approximate surface area is 119 Å². The maximum atomic E-state index is 11.3. The first kappa shape index (κ1) is 14.4. The molecule has 0 spiro atoms. The highest BCUT2D eigenvalue weighted by atomic mass is 32.2. The average Bonchev–Trinajstić information content (AvgIpc) is 2.37. The zero-order chi connectivity index (χ0) is 14.8. The lowest BCUT2D eigenvalue weighted by molar-refractivity contribution is 0.598. The van der Waals surface area contributed by atoms with Crippen molar-refractivity contribution >= 4 is 26.3 Å². The van der Waals surface area contributed by atoms with Crippen LogP contribution in [0, 0.1) is 11.3 Å². The van der Waals surface area contributed by atoms with E-state index in [0.717, 1.165) is 16.5 Å². The summed E-state index contributed by atoms with van der Waals surface area (Å²) in [5.74, 6) is 0.0708. The molecule has 0 aliphatic heterocycles. The molecule has 0 saturated heterocycles. The van der Waals surface area contributed by atoms with E-state index in [-0.39, 0.29) is 11.8 Å². The van der Waals surface area contributed by atoms with E-state index >= 15 is 0 Å². The number of anilines is 1. The van der Waals surface area contributed by atoms with Crippen LogP contribution in [0.2, 0.25) is 0 Å². The predicted octanol–water partition coefficient (Wildman–Crippen LogP) is 2.56. The summed E-state index contributed by atoms with van der Waals surface area (Å²) in [5, 5.41) is 14.1. The number of nitrogens with zero attached hydrogens (tertiary/aromatic N) is 1. The van der Waals surface area contributed by atoms with Crippen molar-refractivity contribution in [2.24, 2.45) is 0 Å². The van der Waals surface area contributed by atoms with E-state index in [1.165, 1.54) is 6.26 Å². The number of benzene rings is 2. The van der Waals surface area contributed by atoms with E-state index in [0.29, 0.717) is 5.56 Å². The van der Waals surface area contributed by atoms with Gasteiger partial charge in [-0.25, -0.2) is 8.42 Å². The third kappa shape index (κ3) is 3.28. The molecule has 1 N–H and O–H groups in total. The van der Waals surface area contributed by atoms with E-state index in [2.05, 4.69) is 11.4 Å². The quantitative estimate of drug-likeness (QED) is 0.938. The molecule has 0 aliphatic rings. The molecule has 104 valence electrons. The predicted molar refractivity (Wildman–Crippen MR) is 81.5 cm³/mol. The van der Waals surface area contributed by atoms with Crippen molar-refractivity contribution in [3.05, 3.63) is 42.0 Å². The standard InChI is InChI=1S/C15H16N2O2S/c1-11(10-20(2,18)19)17-15-8-7-12(9-16)13-5-3-4-6-14(13)15/h3-8,11,17H,10H2,1-2H3. The van der Waals surface area contributed by atoms with Crippen molar-refractivity contribution < 1.29 is 8.42 Å². The molecule has 0 fully saturated rings. The molecule has 0 saturated carbocycles. The summed E-state index contributed by atoms with van der Waals surface area (Å²) in [5.41, 5.74) is 1.46. The summed E-state index contributed by atoms with van der Waals surface area (Å²) in [7, 11) is -3.02. The summed E-state index contributed by atoms with van der Waals surface area (Å²) < 4.78 is 22.6. The lowest BCUT2D eigenvalue weighted by Crippen LogP contribution is -2.25. The minimum Gasteiger partial charge on any atom is -0.381 e. The van der Waals surface area contributed by atoms with Crippen LogP contribution in [0.3, 0.4) is 0 Å². The van der Waals surface area contributed by atoms with Gasteiger partial charge in [0.15, 0.2) is 0 Å². The van der Waals surface area contributed by atoms with Gasteiger partial charge in [-0.2, -0.15) is 5.26 Å². The Morgan fingerprint density at radius 1 is 1.20 bits per heavy atom. The van der Waals surface area contributed by atoms with Crippen molar-refractivity contribution in [1.82, 2.24) is 0 Å². The third-order valence-corrected chi connectivity index (χ3v) is 4.10. The molecule has 2 aromatic carbocycles. The summed E-state index contributed by atoms with van der Waals surface area (Å²) in [4.78, 5) is 0. The number of rotatable bonds is 4. The van der Waals surface area contributed by atoms with E-state index < -0.39 is 9.84 Å². The highest BCUT2D eigenvalue weighted by molar-refractivity contribution is 7.90. The highest BCUT2D eigenvalue weighted by Gasteiger charge is 2.12. The Morgan fingerprint density at radius 3 is 2.45 bits per heavy atom. The Balaban J connectivity index is 2.39. The monoisotopic (exact) mass is 288 g/mol. The van der Waals surface area contributed by atoms with Crippen molar-refractivity contribution in [3.8, 4) is 6.07 Å². The van der Waals surface area contributed by atoms with Crippen LogP contribution < -0.4 is 5.32 Å². The van der Waals surface area contributed by atoms with Crippen LogP contribution in [0.15, 0.2) is 36.4 Å². The molecular formula is C15H16N2O2S. The fraction of sp³-hybridized carbons (Fsp3) is 0.267. The Hall–Kier alpha value is -2.06. The lowest BCUT2D eigenvalue weighted by Gasteiger charge is -2.16. The average molecular weight is 288 g/mol. The number of sulfone groups is 1. The molecule has 4 nitrogen and oxygen atoms in total. The van der Waals surface area contributed by atoms with Gasteiger partial charge >= 0.3 is 0 Å². The van der Waals surface area contributed by atoms with Gasteiger partial charge in [-0.1, -0.05) is 24.3 Å². The first-order valence-corrected chi connectivity index (χ1v) is 8.33. The van der Waals surface area contributed by atoms with Crippen molar-refractivity contribution in [3.63, 3.8) is 0 Å². The van der Waals surface area contributed by atoms with E-state index in [4.69, 9.17) is 5.26 Å². The number of hydrogen-bond acceptors (Lipinski definition) is 4. The molecule has 1 unspecified atom stereocenters. The van der Waals surface area contributed by atoms with Gasteiger partial charge in [0.05, 0.1) is 17.4 Å². The highest BCUT2D eigenvalue weighted by Crippen LogP contribution is 2.26. The van der Waals surface area contributed by atoms with Crippen molar-refractivity contribution in [1.29, 1.82) is 5.26 Å². The first-order chi connectivity index (χ1) is 9.40. The maximum Gasteiger partial charge on any atom is 0.149 e. The largest absolute Gasteiger partial charge is 0.381 e. The molecule has 5 heteroatoms. The van der Waals surface area contributed by atoms with Gasteiger partial charge in [0.2, 0.25) is 0 Å².